The van der Waals surface area contributed by atoms with Crippen molar-refractivity contribution in [3.8, 4) is 0 Å². The van der Waals surface area contributed by atoms with Gasteiger partial charge in [0, 0.05) is 17.5 Å². The Bertz CT molecular complexity index is 485. The summed E-state index contributed by atoms with van der Waals surface area (Å²) in [6.07, 6.45) is 0. The summed E-state index contributed by atoms with van der Waals surface area (Å²) in [5, 5.41) is 1.10. The summed E-state index contributed by atoms with van der Waals surface area (Å²) in [6, 6.07) is 6.12. The summed E-state index contributed by atoms with van der Waals surface area (Å²) >= 11 is 5.86. The van der Waals surface area contributed by atoms with E-state index in [-0.39, 0.29) is 5.82 Å². The Balaban J connectivity index is 2.73. The predicted octanol–water partition coefficient (Wildman–Crippen LogP) is 2.49. The molecule has 14 heavy (non-hydrogen) atoms. The Morgan fingerprint density at radius 3 is 2.86 bits per heavy atom. The van der Waals surface area contributed by atoms with Crippen molar-refractivity contribution in [1.82, 2.24) is 4.98 Å². The maximum atomic E-state index is 12.9. The molecule has 0 amide bonds. The molecule has 0 saturated heterocycles. The zero-order chi connectivity index (χ0) is 10.1. The van der Waals surface area contributed by atoms with E-state index in [1.54, 1.807) is 12.1 Å². The second-order valence-corrected chi connectivity index (χ2v) is 3.34. The molecule has 1 heterocycles. The molecule has 0 aliphatic rings. The minimum absolute atomic E-state index is 0.287. The minimum atomic E-state index is -0.287. The Labute approximate surface area is 85.5 Å². The third kappa shape index (κ3) is 1.56. The van der Waals surface area contributed by atoms with Gasteiger partial charge in [0.05, 0.1) is 5.52 Å². The highest BCUT2D eigenvalue weighted by atomic mass is 35.5. The van der Waals surface area contributed by atoms with Gasteiger partial charge in [-0.2, -0.15) is 0 Å². The number of hydrogen-bond acceptors (Lipinski definition) is 2. The van der Waals surface area contributed by atoms with Crippen molar-refractivity contribution in [2.24, 2.45) is 5.73 Å². The van der Waals surface area contributed by atoms with E-state index in [0.29, 0.717) is 17.2 Å². The highest BCUT2D eigenvalue weighted by molar-refractivity contribution is 6.30. The number of pyridine rings is 1. The van der Waals surface area contributed by atoms with Crippen molar-refractivity contribution in [2.45, 2.75) is 6.54 Å². The summed E-state index contributed by atoms with van der Waals surface area (Å²) in [5.74, 6) is -0.287. The smallest absolute Gasteiger partial charge is 0.134 e. The number of fused-ring (bicyclic) bond motifs is 1. The van der Waals surface area contributed by atoms with E-state index in [4.69, 9.17) is 17.3 Å². The number of nitrogens with zero attached hydrogens (tertiary/aromatic N) is 1. The molecule has 2 N–H and O–H groups in total. The molecule has 0 atom stereocenters. The number of rotatable bonds is 1. The third-order valence-corrected chi connectivity index (χ3v) is 2.35. The van der Waals surface area contributed by atoms with E-state index in [9.17, 15) is 4.39 Å². The van der Waals surface area contributed by atoms with Gasteiger partial charge in [-0.25, -0.2) is 9.37 Å². The highest BCUT2D eigenvalue weighted by Gasteiger charge is 2.03. The lowest BCUT2D eigenvalue weighted by Gasteiger charge is -2.03. The van der Waals surface area contributed by atoms with Gasteiger partial charge < -0.3 is 5.73 Å². The average molecular weight is 211 g/mol. The van der Waals surface area contributed by atoms with Crippen LogP contribution in [0, 0.1) is 5.82 Å². The summed E-state index contributed by atoms with van der Waals surface area (Å²) in [6.45, 7) is 0.304. The molecule has 2 aromatic rings. The van der Waals surface area contributed by atoms with E-state index >= 15 is 0 Å². The molecule has 0 aliphatic carbocycles. The lowest BCUT2D eigenvalue weighted by molar-refractivity contribution is 0.629. The molecule has 0 bridgehead atoms. The Morgan fingerprint density at radius 1 is 1.36 bits per heavy atom. The molecule has 2 nitrogen and oxygen atoms in total. The molecule has 1 aromatic heterocycles. The van der Waals surface area contributed by atoms with Crippen molar-refractivity contribution in [3.05, 3.63) is 40.8 Å². The van der Waals surface area contributed by atoms with Gasteiger partial charge in [0.15, 0.2) is 0 Å². The molecule has 0 saturated carbocycles. The molecule has 0 aliphatic heterocycles. The molecule has 0 fully saturated rings. The normalized spacial score (nSPS) is 10.8. The van der Waals surface area contributed by atoms with Crippen LogP contribution < -0.4 is 5.73 Å². The van der Waals surface area contributed by atoms with E-state index < -0.39 is 0 Å². The standard InChI is InChI=1S/C10H8ClFN2/c11-10-7(5-13)3-6-4-8(12)1-2-9(6)14-10/h1-4H,5,13H2. The van der Waals surface area contributed by atoms with Crippen LogP contribution in [0.4, 0.5) is 4.39 Å². The highest BCUT2D eigenvalue weighted by Crippen LogP contribution is 2.20. The summed E-state index contributed by atoms with van der Waals surface area (Å²) in [7, 11) is 0. The summed E-state index contributed by atoms with van der Waals surface area (Å²) in [5.41, 5.74) is 6.86. The van der Waals surface area contributed by atoms with Crippen LogP contribution in [0.5, 0.6) is 0 Å². The van der Waals surface area contributed by atoms with Crippen molar-refractivity contribution >= 4 is 22.5 Å². The first kappa shape index (κ1) is 9.37. The van der Waals surface area contributed by atoms with Gasteiger partial charge in [0.2, 0.25) is 0 Å². The Hall–Kier alpha value is -1.19. The van der Waals surface area contributed by atoms with Crippen molar-refractivity contribution in [1.29, 1.82) is 0 Å². The van der Waals surface area contributed by atoms with Crippen molar-refractivity contribution in [3.63, 3.8) is 0 Å². The van der Waals surface area contributed by atoms with Gasteiger partial charge in [-0.15, -0.1) is 0 Å². The quantitative estimate of drug-likeness (QED) is 0.735. The predicted molar refractivity (Wildman–Crippen MR) is 54.6 cm³/mol. The third-order valence-electron chi connectivity index (χ3n) is 2.02. The minimum Gasteiger partial charge on any atom is -0.326 e. The van der Waals surface area contributed by atoms with Gasteiger partial charge in [0.25, 0.3) is 0 Å². The number of aromatic nitrogens is 1. The second-order valence-electron chi connectivity index (χ2n) is 2.98. The van der Waals surface area contributed by atoms with Crippen molar-refractivity contribution < 1.29 is 4.39 Å². The molecule has 0 radical (unpaired) electrons. The fraction of sp³-hybridized carbons (Fsp3) is 0.100. The Kier molecular flexibility index (Phi) is 2.35. The number of benzene rings is 1. The number of hydrogen-bond donors (Lipinski definition) is 1. The molecule has 4 heteroatoms. The lowest BCUT2D eigenvalue weighted by atomic mass is 10.1. The first-order valence-electron chi connectivity index (χ1n) is 4.15. The summed E-state index contributed by atoms with van der Waals surface area (Å²) in [4.78, 5) is 4.11. The lowest BCUT2D eigenvalue weighted by Crippen LogP contribution is -1.98. The molecule has 0 unspecified atom stereocenters. The van der Waals surface area contributed by atoms with Crippen molar-refractivity contribution in [2.75, 3.05) is 0 Å². The van der Waals surface area contributed by atoms with Gasteiger partial charge >= 0.3 is 0 Å². The van der Waals surface area contributed by atoms with Gasteiger partial charge in [-0.1, -0.05) is 11.6 Å². The average Bonchev–Trinajstić information content (AvgIpc) is 2.17. The topological polar surface area (TPSA) is 38.9 Å². The van der Waals surface area contributed by atoms with E-state index in [1.807, 2.05) is 0 Å². The van der Waals surface area contributed by atoms with Crippen LogP contribution in [0.2, 0.25) is 5.15 Å². The van der Waals surface area contributed by atoms with E-state index in [1.165, 1.54) is 12.1 Å². The first-order chi connectivity index (χ1) is 6.70. The van der Waals surface area contributed by atoms with Crippen LogP contribution in [0.1, 0.15) is 5.56 Å². The van der Waals surface area contributed by atoms with E-state index in [2.05, 4.69) is 4.98 Å². The molecule has 0 spiro atoms. The van der Waals surface area contributed by atoms with Crippen LogP contribution in [0.15, 0.2) is 24.3 Å². The monoisotopic (exact) mass is 210 g/mol. The van der Waals surface area contributed by atoms with Crippen LogP contribution >= 0.6 is 11.6 Å². The van der Waals surface area contributed by atoms with Gasteiger partial charge in [0.1, 0.15) is 11.0 Å². The van der Waals surface area contributed by atoms with Crippen LogP contribution in [0.3, 0.4) is 0 Å². The maximum Gasteiger partial charge on any atom is 0.134 e. The molecular formula is C10H8ClFN2. The fourth-order valence-electron chi connectivity index (χ4n) is 1.31. The van der Waals surface area contributed by atoms with Gasteiger partial charge in [-0.05, 0) is 24.3 Å². The zero-order valence-corrected chi connectivity index (χ0v) is 8.05. The second kappa shape index (κ2) is 3.52. The van der Waals surface area contributed by atoms with Crippen LogP contribution in [-0.4, -0.2) is 4.98 Å². The first-order valence-corrected chi connectivity index (χ1v) is 4.53. The SMILES string of the molecule is NCc1cc2cc(F)ccc2nc1Cl. The number of halogens is 2. The number of nitrogens with two attached hydrogens (primary N) is 1. The zero-order valence-electron chi connectivity index (χ0n) is 7.30. The summed E-state index contributed by atoms with van der Waals surface area (Å²) < 4.78 is 12.9. The van der Waals surface area contributed by atoms with E-state index in [0.717, 1.165) is 10.9 Å². The largest absolute Gasteiger partial charge is 0.326 e. The molecule has 72 valence electrons. The van der Waals surface area contributed by atoms with Crippen LogP contribution in [-0.2, 0) is 6.54 Å². The Morgan fingerprint density at radius 2 is 2.14 bits per heavy atom. The molecule has 1 aromatic carbocycles. The maximum absolute atomic E-state index is 12.9. The molecular weight excluding hydrogens is 203 g/mol. The fourth-order valence-corrected chi connectivity index (χ4v) is 1.53. The van der Waals surface area contributed by atoms with Crippen LogP contribution in [0.25, 0.3) is 10.9 Å². The van der Waals surface area contributed by atoms with Gasteiger partial charge in [-0.3, -0.25) is 0 Å². The molecule has 2 rings (SSSR count).